The molecule has 0 spiro atoms. The van der Waals surface area contributed by atoms with Crippen molar-refractivity contribution in [1.29, 1.82) is 0 Å². The Labute approximate surface area is 107 Å². The average molecular weight is 250 g/mol. The summed E-state index contributed by atoms with van der Waals surface area (Å²) in [5.74, 6) is 0.0998. The van der Waals surface area contributed by atoms with Gasteiger partial charge in [-0.1, -0.05) is 35.9 Å². The topological polar surface area (TPSA) is 29.1 Å². The summed E-state index contributed by atoms with van der Waals surface area (Å²) in [6.45, 7) is 6.24. The zero-order valence-corrected chi connectivity index (χ0v) is 10.7. The number of nitrogens with one attached hydrogen (secondary N) is 1. The highest BCUT2D eigenvalue weighted by molar-refractivity contribution is 6.30. The maximum absolute atomic E-state index is 12.1. The first-order valence-electron chi connectivity index (χ1n) is 5.73. The Bertz CT molecular complexity index is 446. The summed E-state index contributed by atoms with van der Waals surface area (Å²) in [5.41, 5.74) is 1.70. The van der Waals surface area contributed by atoms with Crippen molar-refractivity contribution in [3.63, 3.8) is 0 Å². The smallest absolute Gasteiger partial charge is 0.230 e. The molecule has 1 aromatic rings. The highest BCUT2D eigenvalue weighted by Crippen LogP contribution is 2.48. The van der Waals surface area contributed by atoms with Gasteiger partial charge in [0, 0.05) is 11.6 Å². The Hall–Kier alpha value is -1.28. The fraction of sp³-hybridized carbons (Fsp3) is 0.357. The van der Waals surface area contributed by atoms with Crippen LogP contribution in [0.15, 0.2) is 36.4 Å². The molecule has 0 heterocycles. The molecule has 2 nitrogen and oxygen atoms in total. The van der Waals surface area contributed by atoms with Gasteiger partial charge in [0.05, 0.1) is 5.41 Å². The van der Waals surface area contributed by atoms with Gasteiger partial charge >= 0.3 is 0 Å². The lowest BCUT2D eigenvalue weighted by Crippen LogP contribution is -2.35. The van der Waals surface area contributed by atoms with Gasteiger partial charge in [0.15, 0.2) is 0 Å². The van der Waals surface area contributed by atoms with Crippen LogP contribution in [0.4, 0.5) is 0 Å². The monoisotopic (exact) mass is 249 g/mol. The molecule has 0 unspecified atom stereocenters. The fourth-order valence-electron chi connectivity index (χ4n) is 1.94. The fourth-order valence-corrected chi connectivity index (χ4v) is 2.07. The van der Waals surface area contributed by atoms with Crippen LogP contribution in [-0.4, -0.2) is 12.5 Å². The summed E-state index contributed by atoms with van der Waals surface area (Å²) < 4.78 is 0. The van der Waals surface area contributed by atoms with Crippen molar-refractivity contribution >= 4 is 17.5 Å². The van der Waals surface area contributed by atoms with Crippen molar-refractivity contribution in [3.05, 3.63) is 47.0 Å². The lowest BCUT2D eigenvalue weighted by Gasteiger charge is -2.15. The molecule has 2 rings (SSSR count). The van der Waals surface area contributed by atoms with Gasteiger partial charge in [-0.2, -0.15) is 0 Å². The molecule has 0 aromatic heterocycles. The predicted octanol–water partition coefficient (Wildman–Crippen LogP) is 3.06. The molecular weight excluding hydrogens is 234 g/mol. The summed E-state index contributed by atoms with van der Waals surface area (Å²) in [6, 6.07) is 7.55. The van der Waals surface area contributed by atoms with E-state index >= 15 is 0 Å². The largest absolute Gasteiger partial charge is 0.352 e. The zero-order chi connectivity index (χ0) is 12.5. The highest BCUT2D eigenvalue weighted by Gasteiger charge is 2.50. The Kier molecular flexibility index (Phi) is 3.25. The number of carbonyl (C=O) groups is 1. The van der Waals surface area contributed by atoms with Crippen LogP contribution in [0, 0.1) is 0 Å². The summed E-state index contributed by atoms with van der Waals surface area (Å²) in [7, 11) is 0. The third kappa shape index (κ3) is 2.52. The number of halogens is 1. The molecule has 17 heavy (non-hydrogen) atoms. The van der Waals surface area contributed by atoms with Gasteiger partial charge in [-0.25, -0.2) is 0 Å². The van der Waals surface area contributed by atoms with E-state index in [4.69, 9.17) is 11.6 Å². The molecule has 90 valence electrons. The molecule has 1 N–H and O–H groups in total. The number of carbonyl (C=O) groups excluding carboxylic acids is 1. The quantitative estimate of drug-likeness (QED) is 0.817. The summed E-state index contributed by atoms with van der Waals surface area (Å²) in [4.78, 5) is 12.1. The van der Waals surface area contributed by atoms with Crippen LogP contribution in [0.2, 0.25) is 5.02 Å². The molecule has 1 aliphatic carbocycles. The molecule has 1 saturated carbocycles. The second-order valence-electron chi connectivity index (χ2n) is 4.73. The van der Waals surface area contributed by atoms with Gasteiger partial charge < -0.3 is 5.32 Å². The van der Waals surface area contributed by atoms with Gasteiger partial charge in [0.25, 0.3) is 0 Å². The first-order valence-corrected chi connectivity index (χ1v) is 6.11. The van der Waals surface area contributed by atoms with Crippen LogP contribution in [0.3, 0.4) is 0 Å². The summed E-state index contributed by atoms with van der Waals surface area (Å²) in [5, 5.41) is 3.63. The molecule has 3 heteroatoms. The van der Waals surface area contributed by atoms with E-state index in [1.54, 1.807) is 0 Å². The normalized spacial score (nSPS) is 16.4. The van der Waals surface area contributed by atoms with E-state index in [0.717, 1.165) is 24.0 Å². The molecule has 0 bridgehead atoms. The molecular formula is C14H16ClNO. The van der Waals surface area contributed by atoms with E-state index in [0.29, 0.717) is 11.6 Å². The summed E-state index contributed by atoms with van der Waals surface area (Å²) >= 11 is 5.85. The van der Waals surface area contributed by atoms with Gasteiger partial charge in [0.2, 0.25) is 5.91 Å². The number of hydrogen-bond acceptors (Lipinski definition) is 1. The number of hydrogen-bond donors (Lipinski definition) is 1. The molecule has 0 saturated heterocycles. The lowest BCUT2D eigenvalue weighted by atomic mass is 9.95. The van der Waals surface area contributed by atoms with Gasteiger partial charge in [-0.15, -0.1) is 0 Å². The maximum Gasteiger partial charge on any atom is 0.230 e. The standard InChI is InChI=1S/C14H16ClNO/c1-10(2)9-16-13(17)14(7-8-14)11-3-5-12(15)6-4-11/h3-6H,1,7-9H2,2H3,(H,16,17). The lowest BCUT2D eigenvalue weighted by molar-refractivity contribution is -0.123. The van der Waals surface area contributed by atoms with Crippen molar-refractivity contribution < 1.29 is 4.79 Å². The minimum Gasteiger partial charge on any atom is -0.352 e. The van der Waals surface area contributed by atoms with E-state index in [1.807, 2.05) is 31.2 Å². The average Bonchev–Trinajstić information content (AvgIpc) is 3.08. The first-order chi connectivity index (χ1) is 8.04. The van der Waals surface area contributed by atoms with Crippen LogP contribution >= 0.6 is 11.6 Å². The van der Waals surface area contributed by atoms with Crippen LogP contribution in [-0.2, 0) is 10.2 Å². The maximum atomic E-state index is 12.1. The predicted molar refractivity (Wildman–Crippen MR) is 70.2 cm³/mol. The Morgan fingerprint density at radius 2 is 2.00 bits per heavy atom. The van der Waals surface area contributed by atoms with E-state index in [9.17, 15) is 4.79 Å². The van der Waals surface area contributed by atoms with Crippen LogP contribution in [0.5, 0.6) is 0 Å². The molecule has 1 aromatic carbocycles. The Morgan fingerprint density at radius 3 is 2.47 bits per heavy atom. The summed E-state index contributed by atoms with van der Waals surface area (Å²) in [6.07, 6.45) is 1.83. The molecule has 1 fully saturated rings. The van der Waals surface area contributed by atoms with Crippen molar-refractivity contribution in [1.82, 2.24) is 5.32 Å². The van der Waals surface area contributed by atoms with E-state index < -0.39 is 0 Å². The van der Waals surface area contributed by atoms with Crippen LogP contribution in [0.25, 0.3) is 0 Å². The van der Waals surface area contributed by atoms with Crippen LogP contribution in [0.1, 0.15) is 25.3 Å². The second-order valence-corrected chi connectivity index (χ2v) is 5.17. The molecule has 1 amide bonds. The van der Waals surface area contributed by atoms with Crippen molar-refractivity contribution in [2.75, 3.05) is 6.54 Å². The minimum atomic E-state index is -0.319. The molecule has 0 atom stereocenters. The molecule has 1 aliphatic rings. The number of rotatable bonds is 4. The van der Waals surface area contributed by atoms with Crippen molar-refractivity contribution in [2.45, 2.75) is 25.2 Å². The highest BCUT2D eigenvalue weighted by atomic mass is 35.5. The number of benzene rings is 1. The van der Waals surface area contributed by atoms with E-state index in [1.165, 1.54) is 0 Å². The van der Waals surface area contributed by atoms with Gasteiger partial charge in [-0.3, -0.25) is 4.79 Å². The minimum absolute atomic E-state index is 0.0998. The van der Waals surface area contributed by atoms with Crippen molar-refractivity contribution in [3.8, 4) is 0 Å². The van der Waals surface area contributed by atoms with E-state index in [-0.39, 0.29) is 11.3 Å². The Balaban J connectivity index is 2.11. The zero-order valence-electron chi connectivity index (χ0n) is 9.92. The van der Waals surface area contributed by atoms with Gasteiger partial charge in [-0.05, 0) is 37.5 Å². The first kappa shape index (κ1) is 12.2. The third-order valence-electron chi connectivity index (χ3n) is 3.13. The SMILES string of the molecule is C=C(C)CNC(=O)C1(c2ccc(Cl)cc2)CC1. The van der Waals surface area contributed by atoms with Crippen molar-refractivity contribution in [2.24, 2.45) is 0 Å². The van der Waals surface area contributed by atoms with E-state index in [2.05, 4.69) is 11.9 Å². The molecule has 0 aliphatic heterocycles. The molecule has 0 radical (unpaired) electrons. The number of amides is 1. The third-order valence-corrected chi connectivity index (χ3v) is 3.38. The second kappa shape index (κ2) is 4.53. The Morgan fingerprint density at radius 1 is 1.41 bits per heavy atom. The van der Waals surface area contributed by atoms with Crippen LogP contribution < -0.4 is 5.32 Å². The van der Waals surface area contributed by atoms with Gasteiger partial charge in [0.1, 0.15) is 0 Å².